The van der Waals surface area contributed by atoms with Gasteiger partial charge in [-0.3, -0.25) is 0 Å². The Morgan fingerprint density at radius 1 is 1.14 bits per heavy atom. The van der Waals surface area contributed by atoms with Gasteiger partial charge in [-0.05, 0) is 37.9 Å². The second kappa shape index (κ2) is 9.46. The number of benzene rings is 1. The summed E-state index contributed by atoms with van der Waals surface area (Å²) in [5.41, 5.74) is 0.841. The van der Waals surface area contributed by atoms with E-state index < -0.39 is 0 Å². The Morgan fingerprint density at radius 3 is 2.55 bits per heavy atom. The first-order valence-corrected chi connectivity index (χ1v) is 8.63. The monoisotopic (exact) mass is 303 g/mol. The summed E-state index contributed by atoms with van der Waals surface area (Å²) in [5.74, 6) is 0. The second-order valence-corrected chi connectivity index (χ2v) is 6.14. The lowest BCUT2D eigenvalue weighted by molar-refractivity contribution is 0.193. The summed E-state index contributed by atoms with van der Waals surface area (Å²) < 4.78 is 0. The van der Waals surface area contributed by atoms with E-state index >= 15 is 0 Å². The number of likely N-dealkylation sites (tertiary alicyclic amines) is 1. The molecule has 2 rings (SSSR count). The predicted molar refractivity (Wildman–Crippen MR) is 92.2 cm³/mol. The quantitative estimate of drug-likeness (QED) is 0.751. The number of urea groups is 1. The van der Waals surface area contributed by atoms with Crippen LogP contribution in [0.3, 0.4) is 0 Å². The summed E-state index contributed by atoms with van der Waals surface area (Å²) in [5, 5.41) is 5.97. The van der Waals surface area contributed by atoms with Gasteiger partial charge in [0.1, 0.15) is 0 Å². The zero-order valence-electron chi connectivity index (χ0n) is 13.7. The highest BCUT2D eigenvalue weighted by Crippen LogP contribution is 2.12. The van der Waals surface area contributed by atoms with E-state index in [9.17, 15) is 4.79 Å². The number of hydrogen-bond acceptors (Lipinski definition) is 2. The lowest BCUT2D eigenvalue weighted by Crippen LogP contribution is -2.46. The van der Waals surface area contributed by atoms with Gasteiger partial charge in [0.2, 0.25) is 0 Å². The van der Waals surface area contributed by atoms with Crippen LogP contribution in [0.4, 0.5) is 10.5 Å². The van der Waals surface area contributed by atoms with Crippen molar-refractivity contribution in [2.24, 2.45) is 0 Å². The average molecular weight is 303 g/mol. The lowest BCUT2D eigenvalue weighted by Gasteiger charge is -2.32. The van der Waals surface area contributed by atoms with E-state index in [1.54, 1.807) is 0 Å². The van der Waals surface area contributed by atoms with Gasteiger partial charge in [0, 0.05) is 24.8 Å². The topological polar surface area (TPSA) is 44.4 Å². The largest absolute Gasteiger partial charge is 0.335 e. The highest BCUT2D eigenvalue weighted by Gasteiger charge is 2.20. The minimum absolute atomic E-state index is 0.0902. The first-order chi connectivity index (χ1) is 10.8. The first-order valence-electron chi connectivity index (χ1n) is 8.63. The van der Waals surface area contributed by atoms with Crippen LogP contribution in [-0.2, 0) is 0 Å². The van der Waals surface area contributed by atoms with Crippen LogP contribution < -0.4 is 10.6 Å². The van der Waals surface area contributed by atoms with Crippen molar-refractivity contribution in [2.75, 3.05) is 25.0 Å². The third kappa shape index (κ3) is 6.06. The fourth-order valence-corrected chi connectivity index (χ4v) is 2.94. The Bertz CT molecular complexity index is 427. The van der Waals surface area contributed by atoms with Crippen LogP contribution >= 0.6 is 0 Å². The lowest BCUT2D eigenvalue weighted by atomic mass is 10.0. The maximum Gasteiger partial charge on any atom is 0.319 e. The van der Waals surface area contributed by atoms with E-state index in [4.69, 9.17) is 0 Å². The zero-order valence-corrected chi connectivity index (χ0v) is 13.7. The van der Waals surface area contributed by atoms with E-state index in [1.165, 1.54) is 32.2 Å². The molecule has 122 valence electrons. The maximum atomic E-state index is 12.0. The van der Waals surface area contributed by atoms with Crippen LogP contribution in [0.2, 0.25) is 0 Å². The van der Waals surface area contributed by atoms with Crippen LogP contribution in [0.5, 0.6) is 0 Å². The van der Waals surface area contributed by atoms with Crippen molar-refractivity contribution >= 4 is 11.7 Å². The van der Waals surface area contributed by atoms with E-state index in [1.807, 2.05) is 30.3 Å². The normalized spacial score (nSPS) is 16.4. The zero-order chi connectivity index (χ0) is 15.6. The number of unbranched alkanes of at least 4 members (excludes halogenated alkanes) is 3. The van der Waals surface area contributed by atoms with Crippen molar-refractivity contribution in [2.45, 2.75) is 51.5 Å². The molecule has 0 bridgehead atoms. The molecule has 2 amide bonds. The van der Waals surface area contributed by atoms with E-state index in [0.717, 1.165) is 31.6 Å². The number of hydrogen-bond donors (Lipinski definition) is 2. The molecule has 0 aliphatic carbocycles. The smallest absolute Gasteiger partial charge is 0.319 e. The Balaban J connectivity index is 1.61. The molecule has 1 aromatic rings. The molecule has 1 aliphatic heterocycles. The number of carbonyl (C=O) groups excluding carboxylic acids is 1. The Hall–Kier alpha value is -1.55. The van der Waals surface area contributed by atoms with Crippen LogP contribution in [0.1, 0.15) is 45.4 Å². The minimum Gasteiger partial charge on any atom is -0.335 e. The van der Waals surface area contributed by atoms with Crippen molar-refractivity contribution < 1.29 is 4.79 Å². The molecule has 1 aliphatic rings. The number of rotatable bonds is 7. The highest BCUT2D eigenvalue weighted by atomic mass is 16.2. The number of para-hydroxylation sites is 1. The number of amides is 2. The summed E-state index contributed by atoms with van der Waals surface area (Å²) >= 11 is 0. The van der Waals surface area contributed by atoms with E-state index in [0.29, 0.717) is 6.04 Å². The van der Waals surface area contributed by atoms with E-state index in [-0.39, 0.29) is 6.03 Å². The predicted octanol–water partition coefficient (Wildman–Crippen LogP) is 3.85. The van der Waals surface area contributed by atoms with Gasteiger partial charge in [-0.25, -0.2) is 4.79 Å². The summed E-state index contributed by atoms with van der Waals surface area (Å²) in [7, 11) is 0. The molecule has 1 fully saturated rings. The molecule has 1 heterocycles. The number of nitrogens with one attached hydrogen (secondary N) is 2. The molecule has 0 unspecified atom stereocenters. The second-order valence-electron chi connectivity index (χ2n) is 6.14. The van der Waals surface area contributed by atoms with Crippen molar-refractivity contribution in [3.8, 4) is 0 Å². The summed E-state index contributed by atoms with van der Waals surface area (Å²) in [4.78, 5) is 14.5. The Morgan fingerprint density at radius 2 is 1.86 bits per heavy atom. The van der Waals surface area contributed by atoms with Crippen molar-refractivity contribution in [1.29, 1.82) is 0 Å². The minimum atomic E-state index is -0.0902. The van der Waals surface area contributed by atoms with Gasteiger partial charge in [0.15, 0.2) is 0 Å². The van der Waals surface area contributed by atoms with Crippen LogP contribution in [0, 0.1) is 0 Å². The molecule has 2 N–H and O–H groups in total. The molecule has 4 heteroatoms. The number of anilines is 1. The van der Waals surface area contributed by atoms with Crippen molar-refractivity contribution in [3.05, 3.63) is 30.3 Å². The Kier molecular flexibility index (Phi) is 7.23. The van der Waals surface area contributed by atoms with Crippen LogP contribution in [0.25, 0.3) is 0 Å². The molecule has 4 nitrogen and oxygen atoms in total. The van der Waals surface area contributed by atoms with Crippen molar-refractivity contribution in [1.82, 2.24) is 10.2 Å². The number of carbonyl (C=O) groups is 1. The van der Waals surface area contributed by atoms with Gasteiger partial charge in [0.25, 0.3) is 0 Å². The molecule has 0 saturated carbocycles. The van der Waals surface area contributed by atoms with Crippen LogP contribution in [-0.4, -0.2) is 36.6 Å². The van der Waals surface area contributed by atoms with Gasteiger partial charge < -0.3 is 15.5 Å². The molecular formula is C18H29N3O. The number of piperidine rings is 1. The summed E-state index contributed by atoms with van der Waals surface area (Å²) in [6, 6.07) is 9.80. The number of nitrogens with zero attached hydrogens (tertiary/aromatic N) is 1. The summed E-state index contributed by atoms with van der Waals surface area (Å²) in [6.07, 6.45) is 7.39. The standard InChI is InChI=1S/C18H29N3O/c1-2-3-4-8-13-21-14-11-17(12-15-21)20-18(22)19-16-9-6-5-7-10-16/h5-7,9-10,17H,2-4,8,11-15H2,1H3,(H2,19,20,22). The fourth-order valence-electron chi connectivity index (χ4n) is 2.94. The summed E-state index contributed by atoms with van der Waals surface area (Å²) in [6.45, 7) is 5.66. The van der Waals surface area contributed by atoms with Crippen LogP contribution in [0.15, 0.2) is 30.3 Å². The Labute approximate surface area is 134 Å². The molecule has 1 saturated heterocycles. The van der Waals surface area contributed by atoms with Gasteiger partial charge >= 0.3 is 6.03 Å². The first kappa shape index (κ1) is 16.8. The van der Waals surface area contributed by atoms with E-state index in [2.05, 4.69) is 22.5 Å². The third-order valence-corrected chi connectivity index (χ3v) is 4.28. The van der Waals surface area contributed by atoms with Gasteiger partial charge in [0.05, 0.1) is 0 Å². The third-order valence-electron chi connectivity index (χ3n) is 4.28. The molecule has 22 heavy (non-hydrogen) atoms. The highest BCUT2D eigenvalue weighted by molar-refractivity contribution is 5.89. The molecule has 0 spiro atoms. The molecule has 0 radical (unpaired) electrons. The average Bonchev–Trinajstić information content (AvgIpc) is 2.54. The molecule has 1 aromatic carbocycles. The maximum absolute atomic E-state index is 12.0. The molecule has 0 atom stereocenters. The fraction of sp³-hybridized carbons (Fsp3) is 0.611. The molecule has 0 aromatic heterocycles. The van der Waals surface area contributed by atoms with Gasteiger partial charge in [-0.2, -0.15) is 0 Å². The van der Waals surface area contributed by atoms with Gasteiger partial charge in [-0.15, -0.1) is 0 Å². The van der Waals surface area contributed by atoms with Crippen molar-refractivity contribution in [3.63, 3.8) is 0 Å². The molecular weight excluding hydrogens is 274 g/mol. The SMILES string of the molecule is CCCCCCN1CCC(NC(=O)Nc2ccccc2)CC1. The van der Waals surface area contributed by atoms with Gasteiger partial charge in [-0.1, -0.05) is 44.4 Å².